The van der Waals surface area contributed by atoms with E-state index in [-0.39, 0.29) is 0 Å². The minimum Gasteiger partial charge on any atom is -0.369 e. The van der Waals surface area contributed by atoms with Crippen LogP contribution in [0.15, 0.2) is 36.4 Å². The van der Waals surface area contributed by atoms with E-state index in [1.54, 1.807) is 11.3 Å². The van der Waals surface area contributed by atoms with Gasteiger partial charge in [0, 0.05) is 17.0 Å². The molecule has 2 heterocycles. The van der Waals surface area contributed by atoms with Gasteiger partial charge in [-0.15, -0.1) is 11.3 Å². The highest BCUT2D eigenvalue weighted by atomic mass is 32.1. The predicted octanol–water partition coefficient (Wildman–Crippen LogP) is 4.88. The van der Waals surface area contributed by atoms with Crippen molar-refractivity contribution in [1.29, 1.82) is 0 Å². The lowest BCUT2D eigenvalue weighted by Crippen LogP contribution is -2.04. The molecule has 0 aliphatic rings. The third-order valence-electron chi connectivity index (χ3n) is 3.37. The van der Waals surface area contributed by atoms with Crippen LogP contribution in [0.5, 0.6) is 0 Å². The van der Waals surface area contributed by atoms with Crippen LogP contribution in [0.1, 0.15) is 24.6 Å². The average molecular weight is 297 g/mol. The van der Waals surface area contributed by atoms with E-state index in [1.807, 2.05) is 18.2 Å². The SMILES string of the molecule is CCCCNc1nc(-c2ccccc2)nc2sc(C)cc12. The number of rotatable bonds is 5. The van der Waals surface area contributed by atoms with Gasteiger partial charge >= 0.3 is 0 Å². The largest absolute Gasteiger partial charge is 0.369 e. The number of unbranched alkanes of at least 4 members (excludes halogenated alkanes) is 1. The van der Waals surface area contributed by atoms with Crippen LogP contribution >= 0.6 is 11.3 Å². The van der Waals surface area contributed by atoms with Gasteiger partial charge in [0.05, 0.1) is 5.39 Å². The van der Waals surface area contributed by atoms with Crippen molar-refractivity contribution in [3.63, 3.8) is 0 Å². The van der Waals surface area contributed by atoms with E-state index in [1.165, 1.54) is 11.3 Å². The summed E-state index contributed by atoms with van der Waals surface area (Å²) >= 11 is 1.72. The molecule has 2 aromatic heterocycles. The Morgan fingerprint density at radius 2 is 1.95 bits per heavy atom. The van der Waals surface area contributed by atoms with E-state index in [2.05, 4.69) is 37.4 Å². The highest BCUT2D eigenvalue weighted by Crippen LogP contribution is 2.30. The van der Waals surface area contributed by atoms with Crippen LogP contribution in [-0.4, -0.2) is 16.5 Å². The van der Waals surface area contributed by atoms with E-state index >= 15 is 0 Å². The number of nitrogens with zero attached hydrogens (tertiary/aromatic N) is 2. The number of hydrogen-bond donors (Lipinski definition) is 1. The van der Waals surface area contributed by atoms with Crippen LogP contribution < -0.4 is 5.32 Å². The van der Waals surface area contributed by atoms with E-state index < -0.39 is 0 Å². The molecule has 3 aromatic rings. The van der Waals surface area contributed by atoms with Crippen LogP contribution in [0.25, 0.3) is 21.6 Å². The van der Waals surface area contributed by atoms with Crippen molar-refractivity contribution in [2.24, 2.45) is 0 Å². The summed E-state index contributed by atoms with van der Waals surface area (Å²) in [6, 6.07) is 12.3. The normalized spacial score (nSPS) is 11.0. The number of aromatic nitrogens is 2. The van der Waals surface area contributed by atoms with Gasteiger partial charge in [0.15, 0.2) is 5.82 Å². The first-order valence-corrected chi connectivity index (χ1v) is 8.17. The quantitative estimate of drug-likeness (QED) is 0.682. The molecule has 3 nitrogen and oxygen atoms in total. The monoisotopic (exact) mass is 297 g/mol. The number of fused-ring (bicyclic) bond motifs is 1. The van der Waals surface area contributed by atoms with Crippen molar-refractivity contribution in [3.8, 4) is 11.4 Å². The molecule has 21 heavy (non-hydrogen) atoms. The molecule has 0 amide bonds. The molecule has 0 aliphatic heterocycles. The van der Waals surface area contributed by atoms with Crippen molar-refractivity contribution < 1.29 is 0 Å². The second kappa shape index (κ2) is 6.22. The van der Waals surface area contributed by atoms with Crippen molar-refractivity contribution in [2.75, 3.05) is 11.9 Å². The van der Waals surface area contributed by atoms with Crippen LogP contribution in [-0.2, 0) is 0 Å². The average Bonchev–Trinajstić information content (AvgIpc) is 2.88. The Kier molecular flexibility index (Phi) is 4.15. The number of benzene rings is 1. The highest BCUT2D eigenvalue weighted by Gasteiger charge is 2.11. The van der Waals surface area contributed by atoms with E-state index in [0.717, 1.165) is 40.4 Å². The first-order valence-electron chi connectivity index (χ1n) is 7.35. The third kappa shape index (κ3) is 3.05. The molecule has 1 N–H and O–H groups in total. The van der Waals surface area contributed by atoms with Crippen LogP contribution in [0, 0.1) is 6.92 Å². The predicted molar refractivity (Wildman–Crippen MR) is 91.0 cm³/mol. The smallest absolute Gasteiger partial charge is 0.163 e. The Bertz CT molecular complexity index is 734. The summed E-state index contributed by atoms with van der Waals surface area (Å²) in [5.74, 6) is 1.75. The van der Waals surface area contributed by atoms with Gasteiger partial charge in [-0.2, -0.15) is 0 Å². The fourth-order valence-electron chi connectivity index (χ4n) is 2.28. The number of anilines is 1. The number of nitrogens with one attached hydrogen (secondary N) is 1. The van der Waals surface area contributed by atoms with Crippen molar-refractivity contribution >= 4 is 27.4 Å². The van der Waals surface area contributed by atoms with Crippen LogP contribution in [0.4, 0.5) is 5.82 Å². The van der Waals surface area contributed by atoms with E-state index in [0.29, 0.717) is 0 Å². The fraction of sp³-hybridized carbons (Fsp3) is 0.294. The second-order valence-corrected chi connectivity index (χ2v) is 6.35. The molecule has 0 atom stereocenters. The summed E-state index contributed by atoms with van der Waals surface area (Å²) in [7, 11) is 0. The summed E-state index contributed by atoms with van der Waals surface area (Å²) in [4.78, 5) is 11.8. The van der Waals surface area contributed by atoms with Crippen LogP contribution in [0.3, 0.4) is 0 Å². The fourth-order valence-corrected chi connectivity index (χ4v) is 3.16. The summed E-state index contributed by atoms with van der Waals surface area (Å²) in [6.07, 6.45) is 2.32. The second-order valence-electron chi connectivity index (χ2n) is 5.12. The molecule has 108 valence electrons. The molecule has 3 rings (SSSR count). The molecule has 0 radical (unpaired) electrons. The molecular weight excluding hydrogens is 278 g/mol. The molecule has 0 unspecified atom stereocenters. The molecule has 0 saturated carbocycles. The Hall–Kier alpha value is -1.94. The molecular formula is C17H19N3S. The van der Waals surface area contributed by atoms with E-state index in [9.17, 15) is 0 Å². The van der Waals surface area contributed by atoms with Crippen molar-refractivity contribution in [3.05, 3.63) is 41.3 Å². The summed E-state index contributed by atoms with van der Waals surface area (Å²) in [6.45, 7) is 5.26. The zero-order chi connectivity index (χ0) is 14.7. The molecule has 4 heteroatoms. The molecule has 0 saturated heterocycles. The van der Waals surface area contributed by atoms with Gasteiger partial charge in [0.25, 0.3) is 0 Å². The third-order valence-corrected chi connectivity index (χ3v) is 4.32. The molecule has 1 aromatic carbocycles. The summed E-state index contributed by atoms with van der Waals surface area (Å²) in [5.41, 5.74) is 1.06. The zero-order valence-electron chi connectivity index (χ0n) is 12.4. The van der Waals surface area contributed by atoms with Gasteiger partial charge in [-0.25, -0.2) is 9.97 Å². The maximum absolute atomic E-state index is 4.74. The minimum atomic E-state index is 0.795. The maximum atomic E-state index is 4.74. The number of aryl methyl sites for hydroxylation is 1. The molecule has 0 fully saturated rings. The topological polar surface area (TPSA) is 37.8 Å². The van der Waals surface area contributed by atoms with Crippen molar-refractivity contribution in [2.45, 2.75) is 26.7 Å². The van der Waals surface area contributed by atoms with Gasteiger partial charge in [-0.05, 0) is 19.4 Å². The van der Waals surface area contributed by atoms with E-state index in [4.69, 9.17) is 9.97 Å². The molecule has 0 aliphatic carbocycles. The van der Waals surface area contributed by atoms with Gasteiger partial charge in [0.1, 0.15) is 10.6 Å². The Balaban J connectivity index is 2.06. The minimum absolute atomic E-state index is 0.795. The van der Waals surface area contributed by atoms with Gasteiger partial charge in [0.2, 0.25) is 0 Å². The van der Waals surface area contributed by atoms with Crippen LogP contribution in [0.2, 0.25) is 0 Å². The first-order chi connectivity index (χ1) is 10.3. The first kappa shape index (κ1) is 14.0. The Morgan fingerprint density at radius 1 is 1.14 bits per heavy atom. The number of hydrogen-bond acceptors (Lipinski definition) is 4. The summed E-state index contributed by atoms with van der Waals surface area (Å²) < 4.78 is 0. The molecule has 0 bridgehead atoms. The van der Waals surface area contributed by atoms with Crippen molar-refractivity contribution in [1.82, 2.24) is 9.97 Å². The lowest BCUT2D eigenvalue weighted by molar-refractivity contribution is 0.832. The maximum Gasteiger partial charge on any atom is 0.163 e. The standard InChI is InChI=1S/C17H19N3S/c1-3-4-10-18-16-14-11-12(2)21-17(14)20-15(19-16)13-8-6-5-7-9-13/h5-9,11H,3-4,10H2,1-2H3,(H,18,19,20). The summed E-state index contributed by atoms with van der Waals surface area (Å²) in [5, 5.41) is 4.60. The molecule has 0 spiro atoms. The highest BCUT2D eigenvalue weighted by molar-refractivity contribution is 7.18. The van der Waals surface area contributed by atoms with Gasteiger partial charge < -0.3 is 5.32 Å². The number of thiophene rings is 1. The Labute approximate surface area is 129 Å². The lowest BCUT2D eigenvalue weighted by atomic mass is 10.2. The van der Waals surface area contributed by atoms with Gasteiger partial charge in [-0.3, -0.25) is 0 Å². The lowest BCUT2D eigenvalue weighted by Gasteiger charge is -2.08. The Morgan fingerprint density at radius 3 is 2.71 bits per heavy atom. The van der Waals surface area contributed by atoms with Gasteiger partial charge in [-0.1, -0.05) is 43.7 Å². The zero-order valence-corrected chi connectivity index (χ0v) is 13.2.